The molecule has 0 aliphatic heterocycles. The van der Waals surface area contributed by atoms with Crippen molar-refractivity contribution in [3.8, 4) is 11.4 Å². The van der Waals surface area contributed by atoms with Crippen LogP contribution in [0.1, 0.15) is 48.0 Å². The molecule has 3 heterocycles. The summed E-state index contributed by atoms with van der Waals surface area (Å²) in [6.45, 7) is 10.2. The van der Waals surface area contributed by atoms with E-state index in [2.05, 4.69) is 51.5 Å². The molecule has 6 aromatic rings. The Morgan fingerprint density at radius 3 is 2.30 bits per heavy atom. The minimum absolute atomic E-state index is 0. The van der Waals surface area contributed by atoms with Gasteiger partial charge in [-0.05, 0) is 62.4 Å². The summed E-state index contributed by atoms with van der Waals surface area (Å²) in [6, 6.07) is 16.7. The van der Waals surface area contributed by atoms with Gasteiger partial charge in [0.05, 0.1) is 26.0 Å². The SMILES string of the molecule is Cc1cc(C)cc(C(=O)Nc2ccc(-c3nc4c(N=Nc5nc6cc(Cl)c(Cl)cc6s5)c(C(C)(C)C)[nH]n4n3)cc2)c1.[Y]. The fraction of sp³-hybridized carbons (Fsp3) is 0.200. The molecule has 0 unspecified atom stereocenters. The molecular weight excluding hydrogens is 680 g/mol. The Balaban J connectivity index is 0.00000368. The number of carbonyl (C=O) groups excluding carboxylic acids is 1. The van der Waals surface area contributed by atoms with Crippen molar-refractivity contribution in [2.75, 3.05) is 5.32 Å². The number of aromatic nitrogens is 5. The number of hydrogen-bond acceptors (Lipinski definition) is 7. The van der Waals surface area contributed by atoms with Crippen molar-refractivity contribution in [2.24, 2.45) is 10.2 Å². The number of carbonyl (C=O) groups is 1. The number of rotatable bonds is 5. The summed E-state index contributed by atoms with van der Waals surface area (Å²) in [6.07, 6.45) is 0. The Hall–Kier alpha value is -3.02. The maximum atomic E-state index is 12.8. The summed E-state index contributed by atoms with van der Waals surface area (Å²) < 4.78 is 2.48. The number of nitrogens with one attached hydrogen (secondary N) is 2. The maximum absolute atomic E-state index is 12.8. The second-order valence-electron chi connectivity index (χ2n) is 11.1. The van der Waals surface area contributed by atoms with Crippen LogP contribution in [0.5, 0.6) is 0 Å². The molecule has 9 nitrogen and oxygen atoms in total. The van der Waals surface area contributed by atoms with Crippen molar-refractivity contribution in [3.63, 3.8) is 0 Å². The first kappa shape index (κ1) is 31.4. The van der Waals surface area contributed by atoms with E-state index < -0.39 is 0 Å². The molecule has 215 valence electrons. The molecule has 6 rings (SSSR count). The van der Waals surface area contributed by atoms with Crippen LogP contribution in [0.4, 0.5) is 16.5 Å². The van der Waals surface area contributed by atoms with Crippen LogP contribution in [-0.4, -0.2) is 30.7 Å². The van der Waals surface area contributed by atoms with Gasteiger partial charge < -0.3 is 5.32 Å². The van der Waals surface area contributed by atoms with E-state index in [1.54, 1.807) is 16.8 Å². The van der Waals surface area contributed by atoms with Crippen LogP contribution in [0.25, 0.3) is 27.3 Å². The number of H-pyrrole nitrogens is 1. The first-order chi connectivity index (χ1) is 19.9. The number of nitrogens with zero attached hydrogens (tertiary/aromatic N) is 6. The van der Waals surface area contributed by atoms with Gasteiger partial charge in [0.2, 0.25) is 10.8 Å². The van der Waals surface area contributed by atoms with Gasteiger partial charge in [-0.2, -0.15) is 4.63 Å². The summed E-state index contributed by atoms with van der Waals surface area (Å²) >= 11 is 13.7. The number of amides is 1. The number of azo groups is 1. The van der Waals surface area contributed by atoms with Gasteiger partial charge in [-0.25, -0.2) is 9.97 Å². The van der Waals surface area contributed by atoms with Gasteiger partial charge in [-0.1, -0.05) is 72.5 Å². The van der Waals surface area contributed by atoms with E-state index in [1.807, 2.05) is 56.3 Å². The molecule has 1 amide bonds. The third-order valence-corrected chi connectivity index (χ3v) is 8.19. The van der Waals surface area contributed by atoms with Crippen LogP contribution in [0, 0.1) is 13.8 Å². The molecule has 13 heteroatoms. The molecule has 3 aromatic heterocycles. The standard InChI is InChI=1S/C30H26Cl2N8OS.Y/c1-15-10-16(2)12-18(11-15)28(41)33-19-8-6-17(7-9-19)26-35-27-24(25(30(3,4)5)38-40(27)39-26)36-37-29-34-22-13-20(31)21(32)14-23(22)42-29;/h6-14,38H,1-5H3,(H,33,41);. The third kappa shape index (κ3) is 6.59. The summed E-state index contributed by atoms with van der Waals surface area (Å²) in [5.41, 5.74) is 6.55. The zero-order valence-corrected chi connectivity index (χ0v) is 29.2. The number of fused-ring (bicyclic) bond motifs is 2. The summed E-state index contributed by atoms with van der Waals surface area (Å²) in [5.74, 6) is 0.349. The Morgan fingerprint density at radius 2 is 1.63 bits per heavy atom. The molecule has 1 radical (unpaired) electrons. The monoisotopic (exact) mass is 705 g/mol. The van der Waals surface area contributed by atoms with Gasteiger partial charge in [0.15, 0.2) is 11.5 Å². The molecular formula is C30H26Cl2N8OSY. The summed E-state index contributed by atoms with van der Waals surface area (Å²) in [4.78, 5) is 22.1. The van der Waals surface area contributed by atoms with E-state index in [0.717, 1.165) is 27.1 Å². The zero-order chi connectivity index (χ0) is 29.8. The third-order valence-electron chi connectivity index (χ3n) is 6.56. The van der Waals surface area contributed by atoms with Crippen LogP contribution < -0.4 is 5.32 Å². The van der Waals surface area contributed by atoms with Gasteiger partial charge in [-0.15, -0.1) is 15.3 Å². The first-order valence-electron chi connectivity index (χ1n) is 13.1. The minimum Gasteiger partial charge on any atom is -0.322 e. The van der Waals surface area contributed by atoms with E-state index in [1.165, 1.54) is 11.3 Å². The van der Waals surface area contributed by atoms with E-state index in [4.69, 9.17) is 28.2 Å². The predicted molar refractivity (Wildman–Crippen MR) is 169 cm³/mol. The van der Waals surface area contributed by atoms with E-state index in [9.17, 15) is 4.79 Å². The summed E-state index contributed by atoms with van der Waals surface area (Å²) in [7, 11) is 0. The van der Waals surface area contributed by atoms with Crippen molar-refractivity contribution < 1.29 is 37.5 Å². The number of aromatic amines is 1. The smallest absolute Gasteiger partial charge is 0.255 e. The Bertz CT molecular complexity index is 1960. The normalized spacial score (nSPS) is 11.9. The Labute approximate surface area is 287 Å². The molecule has 0 aliphatic carbocycles. The second-order valence-corrected chi connectivity index (χ2v) is 12.9. The predicted octanol–water partition coefficient (Wildman–Crippen LogP) is 9.22. The number of thiazole rings is 1. The van der Waals surface area contributed by atoms with E-state index in [0.29, 0.717) is 49.1 Å². The Morgan fingerprint density at radius 1 is 0.953 bits per heavy atom. The van der Waals surface area contributed by atoms with E-state index >= 15 is 0 Å². The number of anilines is 1. The number of hydrogen-bond donors (Lipinski definition) is 2. The van der Waals surface area contributed by atoms with Gasteiger partial charge in [-0.3, -0.25) is 9.89 Å². The van der Waals surface area contributed by atoms with Crippen molar-refractivity contribution in [2.45, 2.75) is 40.0 Å². The molecule has 0 saturated carbocycles. The van der Waals surface area contributed by atoms with E-state index in [-0.39, 0.29) is 44.0 Å². The zero-order valence-electron chi connectivity index (χ0n) is 24.0. The van der Waals surface area contributed by atoms with Crippen molar-refractivity contribution >= 4 is 72.8 Å². The molecule has 0 saturated heterocycles. The van der Waals surface area contributed by atoms with Crippen molar-refractivity contribution in [3.05, 3.63) is 87.0 Å². The van der Waals surface area contributed by atoms with Crippen molar-refractivity contribution in [1.82, 2.24) is 24.8 Å². The van der Waals surface area contributed by atoms with Crippen LogP contribution >= 0.6 is 34.5 Å². The van der Waals surface area contributed by atoms with Crippen LogP contribution in [-0.2, 0) is 38.1 Å². The second kappa shape index (κ2) is 12.2. The molecule has 0 bridgehead atoms. The average Bonchev–Trinajstić information content (AvgIpc) is 3.60. The van der Waals surface area contributed by atoms with Gasteiger partial charge >= 0.3 is 0 Å². The quantitative estimate of drug-likeness (QED) is 0.174. The number of halogens is 2. The van der Waals surface area contributed by atoms with Gasteiger partial charge in [0.25, 0.3) is 5.91 Å². The number of benzene rings is 3. The maximum Gasteiger partial charge on any atom is 0.255 e. The molecule has 3 aromatic carbocycles. The molecule has 2 N–H and O–H groups in total. The molecule has 43 heavy (non-hydrogen) atoms. The van der Waals surface area contributed by atoms with Crippen molar-refractivity contribution in [1.29, 1.82) is 0 Å². The van der Waals surface area contributed by atoms with Gasteiger partial charge in [0, 0.05) is 54.9 Å². The topological polar surface area (TPSA) is 113 Å². The molecule has 0 spiro atoms. The molecule has 0 aliphatic rings. The average molecular weight is 706 g/mol. The Kier molecular flexibility index (Phi) is 8.89. The summed E-state index contributed by atoms with van der Waals surface area (Å²) in [5, 5.41) is 21.3. The fourth-order valence-electron chi connectivity index (χ4n) is 4.61. The van der Waals surface area contributed by atoms with Gasteiger partial charge in [0.1, 0.15) is 0 Å². The number of aryl methyl sites for hydroxylation is 2. The van der Waals surface area contributed by atoms with Crippen LogP contribution in [0.15, 0.2) is 64.8 Å². The largest absolute Gasteiger partial charge is 0.322 e. The molecule has 0 fully saturated rings. The minimum atomic E-state index is -0.277. The van der Waals surface area contributed by atoms with Crippen LogP contribution in [0.3, 0.4) is 0 Å². The fourth-order valence-corrected chi connectivity index (χ4v) is 5.81. The molecule has 0 atom stereocenters. The van der Waals surface area contributed by atoms with Crippen LogP contribution in [0.2, 0.25) is 10.0 Å². The first-order valence-corrected chi connectivity index (χ1v) is 14.7.